The van der Waals surface area contributed by atoms with Crippen molar-refractivity contribution in [3.63, 3.8) is 0 Å². The Labute approximate surface area is 134 Å². The summed E-state index contributed by atoms with van der Waals surface area (Å²) in [6.45, 7) is 6.29. The van der Waals surface area contributed by atoms with Gasteiger partial charge in [0, 0.05) is 17.3 Å². The molecule has 3 rings (SSSR count). The van der Waals surface area contributed by atoms with Crippen molar-refractivity contribution in [3.8, 4) is 0 Å². The molecule has 0 fully saturated rings. The number of hydrogen-bond donors (Lipinski definition) is 1. The molecule has 1 N–H and O–H groups in total. The topological polar surface area (TPSA) is 73.0 Å². The van der Waals surface area contributed by atoms with Crippen LogP contribution in [0.1, 0.15) is 32.9 Å². The van der Waals surface area contributed by atoms with E-state index < -0.39 is 0 Å². The molecule has 1 amide bonds. The van der Waals surface area contributed by atoms with Gasteiger partial charge in [0.15, 0.2) is 0 Å². The average Bonchev–Trinajstić information content (AvgIpc) is 3.09. The predicted molar refractivity (Wildman–Crippen MR) is 86.4 cm³/mol. The number of benzene rings is 1. The molecule has 0 aliphatic heterocycles. The molecule has 0 spiro atoms. The van der Waals surface area contributed by atoms with E-state index in [-0.39, 0.29) is 5.91 Å². The van der Waals surface area contributed by atoms with E-state index in [0.29, 0.717) is 17.8 Å². The lowest BCUT2D eigenvalue weighted by molar-refractivity contribution is 0.102. The Morgan fingerprint density at radius 2 is 2.13 bits per heavy atom. The summed E-state index contributed by atoms with van der Waals surface area (Å²) < 4.78 is 6.90. The Morgan fingerprint density at radius 3 is 2.83 bits per heavy atom. The molecular weight excluding hydrogens is 292 g/mol. The minimum atomic E-state index is -0.148. The highest BCUT2D eigenvalue weighted by Crippen LogP contribution is 2.15. The lowest BCUT2D eigenvalue weighted by Gasteiger charge is -2.03. The molecule has 2 aromatic heterocycles. The minimum absolute atomic E-state index is 0.148. The van der Waals surface area contributed by atoms with Crippen molar-refractivity contribution in [3.05, 3.63) is 64.8 Å². The Kier molecular flexibility index (Phi) is 3.97. The van der Waals surface area contributed by atoms with Gasteiger partial charge in [-0.25, -0.2) is 0 Å². The van der Waals surface area contributed by atoms with Gasteiger partial charge in [-0.3, -0.25) is 9.48 Å². The van der Waals surface area contributed by atoms with Crippen LogP contribution in [0.3, 0.4) is 0 Å². The lowest BCUT2D eigenvalue weighted by atomic mass is 10.1. The summed E-state index contributed by atoms with van der Waals surface area (Å²) in [5.41, 5.74) is 4.19. The van der Waals surface area contributed by atoms with Gasteiger partial charge in [0.25, 0.3) is 5.91 Å². The predicted octanol–water partition coefficient (Wildman–Crippen LogP) is 3.10. The normalized spacial score (nSPS) is 10.7. The molecule has 6 heteroatoms. The monoisotopic (exact) mass is 310 g/mol. The summed E-state index contributed by atoms with van der Waals surface area (Å²) >= 11 is 0. The van der Waals surface area contributed by atoms with Crippen molar-refractivity contribution < 1.29 is 9.32 Å². The fraction of sp³-hybridized carbons (Fsp3) is 0.235. The van der Waals surface area contributed by atoms with Gasteiger partial charge in [0.1, 0.15) is 5.76 Å². The zero-order valence-electron chi connectivity index (χ0n) is 13.3. The maximum atomic E-state index is 12.2. The Hall–Kier alpha value is -2.89. The molecule has 2 heterocycles. The van der Waals surface area contributed by atoms with Gasteiger partial charge < -0.3 is 9.84 Å². The number of anilines is 1. The first-order chi connectivity index (χ1) is 11.0. The smallest absolute Gasteiger partial charge is 0.255 e. The van der Waals surface area contributed by atoms with Crippen molar-refractivity contribution >= 4 is 11.6 Å². The summed E-state index contributed by atoms with van der Waals surface area (Å²) in [6, 6.07) is 7.46. The minimum Gasteiger partial charge on any atom is -0.361 e. The third-order valence-corrected chi connectivity index (χ3v) is 3.67. The maximum absolute atomic E-state index is 12.2. The summed E-state index contributed by atoms with van der Waals surface area (Å²) in [4.78, 5) is 12.2. The maximum Gasteiger partial charge on any atom is 0.255 e. The molecule has 1 aromatic carbocycles. The van der Waals surface area contributed by atoms with Crippen LogP contribution in [0.4, 0.5) is 5.69 Å². The number of carbonyl (C=O) groups is 1. The average molecular weight is 310 g/mol. The van der Waals surface area contributed by atoms with Gasteiger partial charge in [-0.1, -0.05) is 22.9 Å². The molecule has 0 saturated carbocycles. The van der Waals surface area contributed by atoms with Gasteiger partial charge in [0.05, 0.1) is 24.1 Å². The standard InChI is InChI=1S/C17H18N4O2/c1-11-5-4-6-14(7-11)17(22)19-15-8-18-21(9-15)10-16-12(2)20-23-13(16)3/h4-9H,10H2,1-3H3,(H,19,22). The fourth-order valence-corrected chi connectivity index (χ4v) is 2.39. The van der Waals surface area contributed by atoms with Crippen molar-refractivity contribution in [2.24, 2.45) is 0 Å². The summed E-state index contributed by atoms with van der Waals surface area (Å²) in [5, 5.41) is 11.1. The molecule has 0 bridgehead atoms. The first-order valence-corrected chi connectivity index (χ1v) is 7.35. The summed E-state index contributed by atoms with van der Waals surface area (Å²) in [7, 11) is 0. The van der Waals surface area contributed by atoms with E-state index in [0.717, 1.165) is 22.6 Å². The van der Waals surface area contributed by atoms with Crippen molar-refractivity contribution in [1.29, 1.82) is 0 Å². The lowest BCUT2D eigenvalue weighted by Crippen LogP contribution is -2.11. The van der Waals surface area contributed by atoms with Crippen molar-refractivity contribution in [2.45, 2.75) is 27.3 Å². The highest BCUT2D eigenvalue weighted by molar-refractivity contribution is 6.04. The number of hydrogen-bond acceptors (Lipinski definition) is 4. The van der Waals surface area contributed by atoms with Gasteiger partial charge in [-0.15, -0.1) is 0 Å². The Morgan fingerprint density at radius 1 is 1.30 bits per heavy atom. The van der Waals surface area contributed by atoms with E-state index in [1.807, 2.05) is 39.0 Å². The van der Waals surface area contributed by atoms with Crippen molar-refractivity contribution in [2.75, 3.05) is 5.32 Å². The van der Waals surface area contributed by atoms with Crippen LogP contribution in [0.25, 0.3) is 0 Å². The largest absolute Gasteiger partial charge is 0.361 e. The van der Waals surface area contributed by atoms with E-state index in [1.54, 1.807) is 23.1 Å². The number of amides is 1. The Balaban J connectivity index is 1.71. The SMILES string of the molecule is Cc1cccc(C(=O)Nc2cnn(Cc3c(C)noc3C)c2)c1. The van der Waals surface area contributed by atoms with Crippen LogP contribution in [-0.4, -0.2) is 20.8 Å². The quantitative estimate of drug-likeness (QED) is 0.803. The molecule has 0 radical (unpaired) electrons. The van der Waals surface area contributed by atoms with Gasteiger partial charge >= 0.3 is 0 Å². The molecular formula is C17H18N4O2. The number of nitrogens with zero attached hydrogens (tertiary/aromatic N) is 3. The third kappa shape index (κ3) is 3.31. The van der Waals surface area contributed by atoms with Gasteiger partial charge in [0.2, 0.25) is 0 Å². The Bertz CT molecular complexity index is 828. The van der Waals surface area contributed by atoms with Crippen LogP contribution in [0.15, 0.2) is 41.2 Å². The van der Waals surface area contributed by atoms with Gasteiger partial charge in [-0.2, -0.15) is 5.10 Å². The highest BCUT2D eigenvalue weighted by atomic mass is 16.5. The van der Waals surface area contributed by atoms with Crippen LogP contribution in [0.2, 0.25) is 0 Å². The zero-order chi connectivity index (χ0) is 16.4. The second kappa shape index (κ2) is 6.08. The molecule has 118 valence electrons. The molecule has 6 nitrogen and oxygen atoms in total. The fourth-order valence-electron chi connectivity index (χ4n) is 2.39. The second-order valence-electron chi connectivity index (χ2n) is 5.55. The number of aryl methyl sites for hydroxylation is 3. The van der Waals surface area contributed by atoms with E-state index in [4.69, 9.17) is 4.52 Å². The van der Waals surface area contributed by atoms with E-state index >= 15 is 0 Å². The summed E-state index contributed by atoms with van der Waals surface area (Å²) in [5.74, 6) is 0.633. The zero-order valence-corrected chi connectivity index (χ0v) is 13.3. The number of aromatic nitrogens is 3. The first kappa shape index (κ1) is 15.0. The summed E-state index contributed by atoms with van der Waals surface area (Å²) in [6.07, 6.45) is 3.42. The van der Waals surface area contributed by atoms with Crippen LogP contribution < -0.4 is 5.32 Å². The number of carbonyl (C=O) groups excluding carboxylic acids is 1. The highest BCUT2D eigenvalue weighted by Gasteiger charge is 2.11. The van der Waals surface area contributed by atoms with Crippen LogP contribution in [-0.2, 0) is 6.54 Å². The van der Waals surface area contributed by atoms with Crippen LogP contribution in [0, 0.1) is 20.8 Å². The van der Waals surface area contributed by atoms with E-state index in [1.165, 1.54) is 0 Å². The first-order valence-electron chi connectivity index (χ1n) is 7.35. The third-order valence-electron chi connectivity index (χ3n) is 3.67. The number of rotatable bonds is 4. The van der Waals surface area contributed by atoms with Gasteiger partial charge in [-0.05, 0) is 32.9 Å². The molecule has 23 heavy (non-hydrogen) atoms. The molecule has 0 aliphatic rings. The molecule has 0 aliphatic carbocycles. The van der Waals surface area contributed by atoms with Crippen molar-refractivity contribution in [1.82, 2.24) is 14.9 Å². The molecule has 3 aromatic rings. The van der Waals surface area contributed by atoms with E-state index in [9.17, 15) is 4.79 Å². The number of nitrogens with one attached hydrogen (secondary N) is 1. The molecule has 0 saturated heterocycles. The van der Waals surface area contributed by atoms with E-state index in [2.05, 4.69) is 15.6 Å². The van der Waals surface area contributed by atoms with Crippen LogP contribution >= 0.6 is 0 Å². The van der Waals surface area contributed by atoms with Crippen LogP contribution in [0.5, 0.6) is 0 Å². The molecule has 0 unspecified atom stereocenters. The second-order valence-corrected chi connectivity index (χ2v) is 5.55. The molecule has 0 atom stereocenters.